The Kier molecular flexibility index (Phi) is 5.40. The second-order valence-electron chi connectivity index (χ2n) is 5.13. The molecule has 2 fully saturated rings. The van der Waals surface area contributed by atoms with Crippen LogP contribution >= 0.6 is 0 Å². The van der Waals surface area contributed by atoms with Crippen molar-refractivity contribution in [3.05, 3.63) is 35.9 Å². The lowest BCUT2D eigenvalue weighted by Gasteiger charge is -2.20. The van der Waals surface area contributed by atoms with Crippen LogP contribution < -0.4 is 5.32 Å². The first-order valence-corrected chi connectivity index (χ1v) is 7.16. The standard InChI is InChI=1S/C12H14O.C4H9N/c13-12-9-5-4-8-11(12)10-6-2-1-3-7-10;1-2-4-5-3-1/h1-3,6-7,11H,4-5,8-9H2;5H,1-4H2. The van der Waals surface area contributed by atoms with E-state index >= 15 is 0 Å². The molecule has 1 atom stereocenters. The fourth-order valence-electron chi connectivity index (χ4n) is 2.65. The maximum Gasteiger partial charge on any atom is 0.140 e. The Morgan fingerprint density at radius 1 is 0.944 bits per heavy atom. The molecule has 1 unspecified atom stereocenters. The maximum absolute atomic E-state index is 11.6. The van der Waals surface area contributed by atoms with E-state index in [1.165, 1.54) is 37.9 Å². The Morgan fingerprint density at radius 2 is 1.67 bits per heavy atom. The van der Waals surface area contributed by atoms with Crippen molar-refractivity contribution >= 4 is 5.78 Å². The van der Waals surface area contributed by atoms with Crippen LogP contribution in [0.1, 0.15) is 50.0 Å². The third-order valence-electron chi connectivity index (χ3n) is 3.71. The molecule has 1 aliphatic carbocycles. The van der Waals surface area contributed by atoms with Gasteiger partial charge < -0.3 is 5.32 Å². The summed E-state index contributed by atoms with van der Waals surface area (Å²) in [6, 6.07) is 10.1. The molecule has 0 radical (unpaired) electrons. The minimum absolute atomic E-state index is 0.190. The number of benzene rings is 1. The summed E-state index contributed by atoms with van der Waals surface area (Å²) >= 11 is 0. The van der Waals surface area contributed by atoms with E-state index < -0.39 is 0 Å². The monoisotopic (exact) mass is 245 g/mol. The third kappa shape index (κ3) is 3.95. The van der Waals surface area contributed by atoms with Gasteiger partial charge in [0.2, 0.25) is 0 Å². The largest absolute Gasteiger partial charge is 0.317 e. The summed E-state index contributed by atoms with van der Waals surface area (Å²) in [6.07, 6.45) is 6.88. The van der Waals surface area contributed by atoms with Gasteiger partial charge in [-0.2, -0.15) is 0 Å². The molecule has 1 saturated heterocycles. The van der Waals surface area contributed by atoms with Crippen molar-refractivity contribution in [3.8, 4) is 0 Å². The molecular weight excluding hydrogens is 222 g/mol. The van der Waals surface area contributed by atoms with Gasteiger partial charge in [0.1, 0.15) is 5.78 Å². The summed E-state index contributed by atoms with van der Waals surface area (Å²) in [5.74, 6) is 0.618. The lowest BCUT2D eigenvalue weighted by molar-refractivity contribution is -0.121. The zero-order chi connectivity index (χ0) is 12.6. The van der Waals surface area contributed by atoms with Gasteiger partial charge in [-0.3, -0.25) is 4.79 Å². The van der Waals surface area contributed by atoms with Crippen molar-refractivity contribution < 1.29 is 4.79 Å². The van der Waals surface area contributed by atoms with E-state index in [0.717, 1.165) is 19.3 Å². The van der Waals surface area contributed by atoms with Gasteiger partial charge >= 0.3 is 0 Å². The van der Waals surface area contributed by atoms with Gasteiger partial charge in [0.25, 0.3) is 0 Å². The first-order chi connectivity index (χ1) is 8.88. The molecule has 3 rings (SSSR count). The van der Waals surface area contributed by atoms with E-state index in [1.54, 1.807) is 0 Å². The van der Waals surface area contributed by atoms with Gasteiger partial charge in [0.05, 0.1) is 0 Å². The number of nitrogens with one attached hydrogen (secondary N) is 1. The molecule has 1 saturated carbocycles. The molecule has 1 heterocycles. The minimum Gasteiger partial charge on any atom is -0.317 e. The summed E-state index contributed by atoms with van der Waals surface area (Å²) in [7, 11) is 0. The van der Waals surface area contributed by atoms with Crippen molar-refractivity contribution in [2.45, 2.75) is 44.4 Å². The second-order valence-corrected chi connectivity index (χ2v) is 5.13. The zero-order valence-electron chi connectivity index (χ0n) is 11.0. The molecule has 2 aliphatic rings. The average molecular weight is 245 g/mol. The zero-order valence-corrected chi connectivity index (χ0v) is 11.0. The molecule has 0 bridgehead atoms. The lowest BCUT2D eigenvalue weighted by Crippen LogP contribution is -2.16. The first kappa shape index (κ1) is 13.3. The van der Waals surface area contributed by atoms with Gasteiger partial charge in [-0.15, -0.1) is 0 Å². The van der Waals surface area contributed by atoms with Crippen LogP contribution in [0, 0.1) is 0 Å². The molecule has 1 aromatic rings. The summed E-state index contributed by atoms with van der Waals surface area (Å²) in [4.78, 5) is 11.6. The van der Waals surface area contributed by atoms with E-state index in [1.807, 2.05) is 18.2 Å². The maximum atomic E-state index is 11.6. The van der Waals surface area contributed by atoms with Crippen molar-refractivity contribution in [2.75, 3.05) is 13.1 Å². The fraction of sp³-hybridized carbons (Fsp3) is 0.562. The Morgan fingerprint density at radius 3 is 2.22 bits per heavy atom. The summed E-state index contributed by atoms with van der Waals surface area (Å²) < 4.78 is 0. The normalized spacial score (nSPS) is 23.3. The summed E-state index contributed by atoms with van der Waals surface area (Å²) in [6.45, 7) is 2.50. The molecule has 18 heavy (non-hydrogen) atoms. The van der Waals surface area contributed by atoms with Gasteiger partial charge in [-0.1, -0.05) is 36.8 Å². The summed E-state index contributed by atoms with van der Waals surface area (Å²) in [5, 5.41) is 3.22. The number of hydrogen-bond donors (Lipinski definition) is 1. The third-order valence-corrected chi connectivity index (χ3v) is 3.71. The molecule has 0 aromatic heterocycles. The van der Waals surface area contributed by atoms with E-state index in [-0.39, 0.29) is 5.92 Å². The Labute approximate surface area is 110 Å². The Hall–Kier alpha value is -1.15. The molecular formula is C16H23NO. The number of hydrogen-bond acceptors (Lipinski definition) is 2. The fourth-order valence-corrected chi connectivity index (χ4v) is 2.65. The smallest absolute Gasteiger partial charge is 0.140 e. The molecule has 1 aliphatic heterocycles. The predicted molar refractivity (Wildman–Crippen MR) is 74.8 cm³/mol. The van der Waals surface area contributed by atoms with Crippen LogP contribution in [-0.4, -0.2) is 18.9 Å². The SMILES string of the molecule is C1CCNC1.O=C1CCCCC1c1ccccc1. The van der Waals surface area contributed by atoms with Gasteiger partial charge in [0, 0.05) is 12.3 Å². The first-order valence-electron chi connectivity index (χ1n) is 7.16. The Balaban J connectivity index is 0.000000202. The van der Waals surface area contributed by atoms with Gasteiger partial charge in [-0.25, -0.2) is 0 Å². The highest BCUT2D eigenvalue weighted by molar-refractivity contribution is 5.86. The van der Waals surface area contributed by atoms with Crippen molar-refractivity contribution in [2.24, 2.45) is 0 Å². The molecule has 1 aromatic carbocycles. The van der Waals surface area contributed by atoms with Crippen LogP contribution in [0.2, 0.25) is 0 Å². The number of carbonyl (C=O) groups excluding carboxylic acids is 1. The average Bonchev–Trinajstić information content (AvgIpc) is 2.99. The number of ketones is 1. The second kappa shape index (κ2) is 7.32. The molecule has 2 heteroatoms. The van der Waals surface area contributed by atoms with Crippen LogP contribution in [0.15, 0.2) is 30.3 Å². The highest BCUT2D eigenvalue weighted by atomic mass is 16.1. The quantitative estimate of drug-likeness (QED) is 0.822. The van der Waals surface area contributed by atoms with E-state index in [4.69, 9.17) is 0 Å². The van der Waals surface area contributed by atoms with E-state index in [9.17, 15) is 4.79 Å². The van der Waals surface area contributed by atoms with Gasteiger partial charge in [-0.05, 0) is 44.3 Å². The minimum atomic E-state index is 0.190. The van der Waals surface area contributed by atoms with E-state index in [0.29, 0.717) is 5.78 Å². The lowest BCUT2D eigenvalue weighted by atomic mass is 9.83. The highest BCUT2D eigenvalue weighted by Gasteiger charge is 2.22. The van der Waals surface area contributed by atoms with Crippen molar-refractivity contribution in [1.29, 1.82) is 0 Å². The van der Waals surface area contributed by atoms with Crippen LogP contribution in [0.25, 0.3) is 0 Å². The predicted octanol–water partition coefficient (Wildman–Crippen LogP) is 3.28. The van der Waals surface area contributed by atoms with Crippen molar-refractivity contribution in [1.82, 2.24) is 5.32 Å². The number of carbonyl (C=O) groups is 1. The van der Waals surface area contributed by atoms with Crippen LogP contribution in [0.5, 0.6) is 0 Å². The Bertz CT molecular complexity index is 349. The van der Waals surface area contributed by atoms with Crippen LogP contribution in [0.4, 0.5) is 0 Å². The number of Topliss-reactive ketones (excluding diaryl/α,β-unsaturated/α-hetero) is 1. The van der Waals surface area contributed by atoms with Crippen LogP contribution in [-0.2, 0) is 4.79 Å². The molecule has 98 valence electrons. The molecule has 0 amide bonds. The van der Waals surface area contributed by atoms with E-state index in [2.05, 4.69) is 17.4 Å². The molecule has 1 N–H and O–H groups in total. The molecule has 2 nitrogen and oxygen atoms in total. The highest BCUT2D eigenvalue weighted by Crippen LogP contribution is 2.29. The number of rotatable bonds is 1. The van der Waals surface area contributed by atoms with Crippen molar-refractivity contribution in [3.63, 3.8) is 0 Å². The van der Waals surface area contributed by atoms with Crippen LogP contribution in [0.3, 0.4) is 0 Å². The summed E-state index contributed by atoms with van der Waals surface area (Å²) in [5.41, 5.74) is 1.20. The molecule has 0 spiro atoms. The van der Waals surface area contributed by atoms with Gasteiger partial charge in [0.15, 0.2) is 0 Å². The topological polar surface area (TPSA) is 29.1 Å².